The second kappa shape index (κ2) is 3.44. The Labute approximate surface area is 69.9 Å². The van der Waals surface area contributed by atoms with E-state index in [0.29, 0.717) is 16.7 Å². The van der Waals surface area contributed by atoms with Gasteiger partial charge in [-0.15, -0.1) is 0 Å². The van der Waals surface area contributed by atoms with Gasteiger partial charge in [-0.05, 0) is 0 Å². The first-order chi connectivity index (χ1) is 5.27. The van der Waals surface area contributed by atoms with Gasteiger partial charge < -0.3 is 9.47 Å². The average Bonchev–Trinajstić information content (AvgIpc) is 2.05. The van der Waals surface area contributed by atoms with E-state index >= 15 is 0 Å². The first-order valence-electron chi connectivity index (χ1n) is 3.01. The van der Waals surface area contributed by atoms with Gasteiger partial charge >= 0.3 is 0 Å². The summed E-state index contributed by atoms with van der Waals surface area (Å²) in [4.78, 5) is 3.87. The number of aromatic nitrogens is 1. The van der Waals surface area contributed by atoms with Gasteiger partial charge in [0.1, 0.15) is 10.8 Å². The molecule has 0 radical (unpaired) electrons. The molecule has 0 saturated heterocycles. The number of hydrogen-bond acceptors (Lipinski definition) is 3. The molecular formula is C7H8ClNO2. The van der Waals surface area contributed by atoms with Gasteiger partial charge in [-0.2, -0.15) is 0 Å². The molecule has 4 heteroatoms. The third-order valence-corrected chi connectivity index (χ3v) is 1.51. The summed E-state index contributed by atoms with van der Waals surface area (Å²) >= 11 is 5.71. The highest BCUT2D eigenvalue weighted by molar-refractivity contribution is 6.31. The van der Waals surface area contributed by atoms with E-state index in [4.69, 9.17) is 21.1 Å². The molecule has 0 spiro atoms. The largest absolute Gasteiger partial charge is 0.495 e. The molecule has 0 aromatic carbocycles. The van der Waals surface area contributed by atoms with Crippen LogP contribution in [0.25, 0.3) is 0 Å². The number of methoxy groups -OCH3 is 2. The molecular weight excluding hydrogens is 166 g/mol. The van der Waals surface area contributed by atoms with Crippen molar-refractivity contribution in [1.82, 2.24) is 4.98 Å². The summed E-state index contributed by atoms with van der Waals surface area (Å²) < 4.78 is 9.80. The van der Waals surface area contributed by atoms with Crippen LogP contribution in [0.5, 0.6) is 11.6 Å². The van der Waals surface area contributed by atoms with E-state index in [2.05, 4.69) is 4.98 Å². The van der Waals surface area contributed by atoms with Crippen LogP contribution in [-0.2, 0) is 0 Å². The molecule has 0 atom stereocenters. The van der Waals surface area contributed by atoms with E-state index in [1.54, 1.807) is 13.2 Å². The van der Waals surface area contributed by atoms with Gasteiger partial charge in [-0.25, -0.2) is 4.98 Å². The van der Waals surface area contributed by atoms with E-state index < -0.39 is 0 Å². The maximum absolute atomic E-state index is 5.71. The van der Waals surface area contributed by atoms with E-state index in [0.717, 1.165) is 0 Å². The zero-order valence-electron chi connectivity index (χ0n) is 6.30. The smallest absolute Gasteiger partial charge is 0.216 e. The molecule has 0 aliphatic carbocycles. The first kappa shape index (κ1) is 8.14. The van der Waals surface area contributed by atoms with Crippen molar-refractivity contribution >= 4 is 11.6 Å². The van der Waals surface area contributed by atoms with Crippen molar-refractivity contribution in [3.05, 3.63) is 17.3 Å². The molecule has 0 N–H and O–H groups in total. The minimum Gasteiger partial charge on any atom is -0.495 e. The van der Waals surface area contributed by atoms with Gasteiger partial charge in [-0.3, -0.25) is 0 Å². The Bertz CT molecular complexity index is 252. The van der Waals surface area contributed by atoms with Crippen molar-refractivity contribution in [1.29, 1.82) is 0 Å². The SMILES string of the molecule is COc1cc(OC)c(Cl)cn1. The molecule has 0 unspecified atom stereocenters. The fourth-order valence-electron chi connectivity index (χ4n) is 0.670. The summed E-state index contributed by atoms with van der Waals surface area (Å²) in [6.07, 6.45) is 1.49. The summed E-state index contributed by atoms with van der Waals surface area (Å²) in [5, 5.41) is 0.480. The van der Waals surface area contributed by atoms with Crippen molar-refractivity contribution in [2.45, 2.75) is 0 Å². The molecule has 1 aromatic heterocycles. The normalized spacial score (nSPS) is 9.36. The maximum atomic E-state index is 5.71. The maximum Gasteiger partial charge on any atom is 0.216 e. The molecule has 0 aliphatic heterocycles. The number of nitrogens with zero attached hydrogens (tertiary/aromatic N) is 1. The first-order valence-corrected chi connectivity index (χ1v) is 3.39. The highest BCUT2D eigenvalue weighted by Gasteiger charge is 2.01. The van der Waals surface area contributed by atoms with E-state index in [-0.39, 0.29) is 0 Å². The predicted octanol–water partition coefficient (Wildman–Crippen LogP) is 1.75. The summed E-state index contributed by atoms with van der Waals surface area (Å²) in [5.41, 5.74) is 0. The molecule has 0 saturated carbocycles. The molecule has 0 fully saturated rings. The van der Waals surface area contributed by atoms with Crippen molar-refractivity contribution in [3.8, 4) is 11.6 Å². The Morgan fingerprint density at radius 2 is 2.09 bits per heavy atom. The topological polar surface area (TPSA) is 31.4 Å². The van der Waals surface area contributed by atoms with Crippen LogP contribution >= 0.6 is 11.6 Å². The molecule has 1 aromatic rings. The molecule has 3 nitrogen and oxygen atoms in total. The zero-order valence-corrected chi connectivity index (χ0v) is 7.05. The monoisotopic (exact) mass is 173 g/mol. The van der Waals surface area contributed by atoms with Gasteiger partial charge in [-0.1, -0.05) is 11.6 Å². The van der Waals surface area contributed by atoms with Gasteiger partial charge in [0, 0.05) is 6.07 Å². The number of halogens is 1. The molecule has 60 valence electrons. The third-order valence-electron chi connectivity index (χ3n) is 1.22. The molecule has 1 rings (SSSR count). The van der Waals surface area contributed by atoms with E-state index in [1.807, 2.05) is 0 Å². The van der Waals surface area contributed by atoms with E-state index in [9.17, 15) is 0 Å². The molecule has 1 heterocycles. The predicted molar refractivity (Wildman–Crippen MR) is 42.4 cm³/mol. The second-order valence-corrected chi connectivity index (χ2v) is 2.27. The van der Waals surface area contributed by atoms with Crippen LogP contribution < -0.4 is 9.47 Å². The minimum absolute atomic E-state index is 0.480. The lowest BCUT2D eigenvalue weighted by Crippen LogP contribution is -1.90. The van der Waals surface area contributed by atoms with Crippen LogP contribution in [0.15, 0.2) is 12.3 Å². The highest BCUT2D eigenvalue weighted by atomic mass is 35.5. The van der Waals surface area contributed by atoms with Crippen molar-refractivity contribution in [2.24, 2.45) is 0 Å². The molecule has 0 amide bonds. The average molecular weight is 174 g/mol. The van der Waals surface area contributed by atoms with Crippen LogP contribution in [0.2, 0.25) is 5.02 Å². The lowest BCUT2D eigenvalue weighted by Gasteiger charge is -2.03. The Morgan fingerprint density at radius 1 is 1.36 bits per heavy atom. The van der Waals surface area contributed by atoms with Crippen LogP contribution in [0.1, 0.15) is 0 Å². The summed E-state index contributed by atoms with van der Waals surface area (Å²) in [7, 11) is 3.08. The van der Waals surface area contributed by atoms with Crippen LogP contribution in [0.4, 0.5) is 0 Å². The Hall–Kier alpha value is -0.960. The van der Waals surface area contributed by atoms with Crippen LogP contribution in [-0.4, -0.2) is 19.2 Å². The number of hydrogen-bond donors (Lipinski definition) is 0. The zero-order chi connectivity index (χ0) is 8.27. The van der Waals surface area contributed by atoms with Gasteiger partial charge in [0.15, 0.2) is 0 Å². The summed E-state index contributed by atoms with van der Waals surface area (Å²) in [6, 6.07) is 1.63. The highest BCUT2D eigenvalue weighted by Crippen LogP contribution is 2.25. The van der Waals surface area contributed by atoms with Crippen LogP contribution in [0, 0.1) is 0 Å². The summed E-state index contributed by atoms with van der Waals surface area (Å²) in [5.74, 6) is 1.06. The Morgan fingerprint density at radius 3 is 2.64 bits per heavy atom. The molecule has 0 bridgehead atoms. The molecule has 11 heavy (non-hydrogen) atoms. The fraction of sp³-hybridized carbons (Fsp3) is 0.286. The standard InChI is InChI=1S/C7H8ClNO2/c1-10-6-3-7(11-2)9-4-5(6)8/h3-4H,1-2H3. The summed E-state index contributed by atoms with van der Waals surface area (Å²) in [6.45, 7) is 0. The molecule has 0 aliphatic rings. The fourth-order valence-corrected chi connectivity index (χ4v) is 0.851. The van der Waals surface area contributed by atoms with Gasteiger partial charge in [0.05, 0.1) is 20.4 Å². The van der Waals surface area contributed by atoms with Gasteiger partial charge in [0.25, 0.3) is 0 Å². The van der Waals surface area contributed by atoms with Gasteiger partial charge in [0.2, 0.25) is 5.88 Å². The minimum atomic E-state index is 0.480. The van der Waals surface area contributed by atoms with Crippen molar-refractivity contribution in [2.75, 3.05) is 14.2 Å². The number of pyridine rings is 1. The third kappa shape index (κ3) is 1.74. The second-order valence-electron chi connectivity index (χ2n) is 1.86. The van der Waals surface area contributed by atoms with Crippen molar-refractivity contribution < 1.29 is 9.47 Å². The van der Waals surface area contributed by atoms with Crippen LogP contribution in [0.3, 0.4) is 0 Å². The van der Waals surface area contributed by atoms with Crippen molar-refractivity contribution in [3.63, 3.8) is 0 Å². The lowest BCUT2D eigenvalue weighted by molar-refractivity contribution is 0.382. The lowest BCUT2D eigenvalue weighted by atomic mass is 10.4. The van der Waals surface area contributed by atoms with E-state index in [1.165, 1.54) is 13.3 Å². The number of ether oxygens (including phenoxy) is 2. The Balaban J connectivity index is 3.02. The Kier molecular flexibility index (Phi) is 2.54. The quantitative estimate of drug-likeness (QED) is 0.683. The number of rotatable bonds is 2.